The fourth-order valence-electron chi connectivity index (χ4n) is 3.26. The lowest BCUT2D eigenvalue weighted by Gasteiger charge is -2.34. The van der Waals surface area contributed by atoms with Gasteiger partial charge in [-0.2, -0.15) is 0 Å². The number of hydrogen-bond acceptors (Lipinski definition) is 3. The molecule has 0 aliphatic heterocycles. The molecule has 2 aliphatic rings. The molecule has 0 radical (unpaired) electrons. The van der Waals surface area contributed by atoms with Crippen LogP contribution < -0.4 is 5.32 Å². The van der Waals surface area contributed by atoms with Crippen LogP contribution >= 0.6 is 0 Å². The highest BCUT2D eigenvalue weighted by molar-refractivity contribution is 5.80. The molecule has 2 N–H and O–H groups in total. The number of fused-ring (bicyclic) bond motifs is 2. The van der Waals surface area contributed by atoms with E-state index in [9.17, 15) is 9.90 Å². The number of hydrogen-bond donors (Lipinski definition) is 2. The molecule has 16 heavy (non-hydrogen) atoms. The first kappa shape index (κ1) is 11.2. The first-order valence-corrected chi connectivity index (χ1v) is 5.68. The van der Waals surface area contributed by atoms with Crippen molar-refractivity contribution in [3.8, 4) is 0 Å². The zero-order chi connectivity index (χ0) is 11.6. The minimum Gasteiger partial charge on any atom is -0.480 e. The second-order valence-electron chi connectivity index (χ2n) is 4.74. The Bertz CT molecular complexity index is 340. The Morgan fingerprint density at radius 3 is 2.94 bits per heavy atom. The molecule has 6 heteroatoms. The van der Waals surface area contributed by atoms with Crippen molar-refractivity contribution in [2.45, 2.75) is 31.2 Å². The van der Waals surface area contributed by atoms with Crippen molar-refractivity contribution in [2.24, 2.45) is 17.0 Å². The van der Waals surface area contributed by atoms with Crippen molar-refractivity contribution in [2.75, 3.05) is 13.1 Å². The highest BCUT2D eigenvalue weighted by Crippen LogP contribution is 2.50. The van der Waals surface area contributed by atoms with Crippen LogP contribution in [0.1, 0.15) is 25.7 Å². The molecule has 2 bridgehead atoms. The molecule has 0 aromatic heterocycles. The predicted molar refractivity (Wildman–Crippen MR) is 57.8 cm³/mol. The van der Waals surface area contributed by atoms with Crippen molar-refractivity contribution in [3.05, 3.63) is 10.4 Å². The van der Waals surface area contributed by atoms with Crippen molar-refractivity contribution in [3.63, 3.8) is 0 Å². The molecule has 2 rings (SSSR count). The fourth-order valence-corrected chi connectivity index (χ4v) is 3.26. The summed E-state index contributed by atoms with van der Waals surface area (Å²) in [5.74, 6) is 0.0646. The summed E-state index contributed by atoms with van der Waals surface area (Å²) in [4.78, 5) is 14.1. The third-order valence-electron chi connectivity index (χ3n) is 3.95. The zero-order valence-electron chi connectivity index (χ0n) is 9.09. The smallest absolute Gasteiger partial charge is 0.324 e. The minimum absolute atomic E-state index is 0.251. The van der Waals surface area contributed by atoms with Gasteiger partial charge in [-0.1, -0.05) is 11.5 Å². The fraction of sp³-hybridized carbons (Fsp3) is 0.900. The molecule has 0 amide bonds. The Morgan fingerprint density at radius 1 is 1.62 bits per heavy atom. The standard InChI is InChI=1S/C10H16N4O2/c11-14-13-4-3-12-10(9(15)16)6-7-1-2-8(10)5-7/h7-8,12H,1-6H2,(H,15,16). The van der Waals surface area contributed by atoms with Crippen LogP contribution in [0.4, 0.5) is 0 Å². The molecule has 0 spiro atoms. The van der Waals surface area contributed by atoms with Gasteiger partial charge >= 0.3 is 5.97 Å². The van der Waals surface area contributed by atoms with E-state index in [2.05, 4.69) is 15.3 Å². The third-order valence-corrected chi connectivity index (χ3v) is 3.95. The molecule has 2 saturated carbocycles. The number of carboxylic acid groups (broad SMARTS) is 1. The average molecular weight is 224 g/mol. The number of nitrogens with one attached hydrogen (secondary N) is 1. The molecule has 0 heterocycles. The summed E-state index contributed by atoms with van der Waals surface area (Å²) >= 11 is 0. The SMILES string of the molecule is [N-]=[N+]=NCCNC1(C(=O)O)CC2CCC1C2. The first-order chi connectivity index (χ1) is 7.69. The molecule has 0 aromatic rings. The molecule has 6 nitrogen and oxygen atoms in total. The summed E-state index contributed by atoms with van der Waals surface area (Å²) in [6, 6.07) is 0. The molecule has 0 saturated heterocycles. The Morgan fingerprint density at radius 2 is 2.44 bits per heavy atom. The number of aliphatic carboxylic acids is 1. The molecular formula is C10H16N4O2. The zero-order valence-corrected chi connectivity index (χ0v) is 9.09. The van der Waals surface area contributed by atoms with Gasteiger partial charge in [0, 0.05) is 18.0 Å². The molecule has 88 valence electrons. The second kappa shape index (κ2) is 4.31. The average Bonchev–Trinajstić information content (AvgIpc) is 2.84. The number of carboxylic acids is 1. The Hall–Kier alpha value is -1.26. The van der Waals surface area contributed by atoms with E-state index in [1.165, 1.54) is 0 Å². The maximum Gasteiger partial charge on any atom is 0.324 e. The van der Waals surface area contributed by atoms with E-state index in [1.807, 2.05) is 0 Å². The first-order valence-electron chi connectivity index (χ1n) is 5.68. The van der Waals surface area contributed by atoms with Crippen LogP contribution in [0, 0.1) is 11.8 Å². The van der Waals surface area contributed by atoms with E-state index in [4.69, 9.17) is 5.53 Å². The van der Waals surface area contributed by atoms with Crippen LogP contribution in [0.5, 0.6) is 0 Å². The molecular weight excluding hydrogens is 208 g/mol. The summed E-state index contributed by atoms with van der Waals surface area (Å²) in [5.41, 5.74) is 7.40. The number of rotatable bonds is 5. The van der Waals surface area contributed by atoms with Gasteiger partial charge in [0.15, 0.2) is 0 Å². The van der Waals surface area contributed by atoms with Gasteiger partial charge in [0.05, 0.1) is 0 Å². The number of carbonyl (C=O) groups is 1. The van der Waals surface area contributed by atoms with Crippen molar-refractivity contribution in [1.82, 2.24) is 5.32 Å². The summed E-state index contributed by atoms with van der Waals surface area (Å²) < 4.78 is 0. The van der Waals surface area contributed by atoms with Crippen molar-refractivity contribution in [1.29, 1.82) is 0 Å². The Balaban J connectivity index is 2.00. The molecule has 3 unspecified atom stereocenters. The molecule has 2 aliphatic carbocycles. The second-order valence-corrected chi connectivity index (χ2v) is 4.74. The van der Waals surface area contributed by atoms with Gasteiger partial charge in [-0.15, -0.1) is 0 Å². The van der Waals surface area contributed by atoms with Gasteiger partial charge < -0.3 is 10.4 Å². The van der Waals surface area contributed by atoms with E-state index < -0.39 is 11.5 Å². The van der Waals surface area contributed by atoms with E-state index in [1.54, 1.807) is 0 Å². The number of nitrogens with zero attached hydrogens (tertiary/aromatic N) is 3. The topological polar surface area (TPSA) is 98.1 Å². The maximum absolute atomic E-state index is 11.4. The molecule has 3 atom stereocenters. The normalized spacial score (nSPS) is 36.0. The summed E-state index contributed by atoms with van der Waals surface area (Å²) in [5, 5.41) is 15.9. The molecule has 0 aromatic carbocycles. The van der Waals surface area contributed by atoms with Gasteiger partial charge in [0.2, 0.25) is 0 Å². The van der Waals surface area contributed by atoms with Gasteiger partial charge in [-0.3, -0.25) is 4.79 Å². The maximum atomic E-state index is 11.4. The van der Waals surface area contributed by atoms with Gasteiger partial charge in [-0.05, 0) is 36.6 Å². The number of azide groups is 1. The van der Waals surface area contributed by atoms with E-state index in [0.717, 1.165) is 25.7 Å². The van der Waals surface area contributed by atoms with E-state index >= 15 is 0 Å². The summed E-state index contributed by atoms with van der Waals surface area (Å²) in [7, 11) is 0. The van der Waals surface area contributed by atoms with Crippen molar-refractivity contribution >= 4 is 5.97 Å². The van der Waals surface area contributed by atoms with Crippen LogP contribution in [0.25, 0.3) is 10.4 Å². The Labute approximate surface area is 93.7 Å². The lowest BCUT2D eigenvalue weighted by Crippen LogP contribution is -2.56. The highest BCUT2D eigenvalue weighted by Gasteiger charge is 2.55. The lowest BCUT2D eigenvalue weighted by molar-refractivity contribution is -0.147. The third kappa shape index (κ3) is 1.74. The Kier molecular flexibility index (Phi) is 3.03. The summed E-state index contributed by atoms with van der Waals surface area (Å²) in [6.45, 7) is 0.752. The predicted octanol–water partition coefficient (Wildman–Crippen LogP) is 1.53. The monoisotopic (exact) mass is 224 g/mol. The quantitative estimate of drug-likeness (QED) is 0.320. The van der Waals surface area contributed by atoms with Gasteiger partial charge in [0.1, 0.15) is 5.54 Å². The van der Waals surface area contributed by atoms with E-state index in [-0.39, 0.29) is 5.92 Å². The minimum atomic E-state index is -0.756. The lowest BCUT2D eigenvalue weighted by atomic mass is 9.81. The molecule has 2 fully saturated rings. The summed E-state index contributed by atoms with van der Waals surface area (Å²) in [6.07, 6.45) is 3.92. The highest BCUT2D eigenvalue weighted by atomic mass is 16.4. The van der Waals surface area contributed by atoms with Crippen LogP contribution in [-0.4, -0.2) is 29.7 Å². The largest absolute Gasteiger partial charge is 0.480 e. The van der Waals surface area contributed by atoms with Crippen molar-refractivity contribution < 1.29 is 9.90 Å². The van der Waals surface area contributed by atoms with Crippen LogP contribution in [0.15, 0.2) is 5.11 Å². The van der Waals surface area contributed by atoms with Crippen LogP contribution in [0.2, 0.25) is 0 Å². The van der Waals surface area contributed by atoms with Gasteiger partial charge in [0.25, 0.3) is 0 Å². The van der Waals surface area contributed by atoms with Crippen LogP contribution in [-0.2, 0) is 4.79 Å². The van der Waals surface area contributed by atoms with E-state index in [0.29, 0.717) is 19.0 Å². The van der Waals surface area contributed by atoms with Crippen LogP contribution in [0.3, 0.4) is 0 Å². The van der Waals surface area contributed by atoms with Gasteiger partial charge in [-0.25, -0.2) is 0 Å².